The monoisotopic (exact) mass is 536 g/mol. The lowest BCUT2D eigenvalue weighted by molar-refractivity contribution is -0.145. The van der Waals surface area contributed by atoms with Crippen LogP contribution in [-0.4, -0.2) is 60.2 Å². The Hall–Kier alpha value is -3.75. The van der Waals surface area contributed by atoms with Crippen LogP contribution in [0.4, 0.5) is 10.5 Å². The number of benzene rings is 2. The average Bonchev–Trinajstić information content (AvgIpc) is 2.96. The maximum Gasteiger partial charge on any atom is 0.410 e. The number of para-hydroxylation sites is 1. The number of nitrogens with zero attached hydrogens (tertiary/aromatic N) is 3. The van der Waals surface area contributed by atoms with E-state index in [4.69, 9.17) is 24.9 Å². The standard InChI is InChI=1S/C30H40N4O5/c1-4-17-33(21(2)28(35)37-3)30(36)38-20-27(22-11-7-5-8-12-22)34-19-23-18-25(15-16-26(23)32-29(34)31)39-24-13-9-6-10-14-24/h6,9-10,13-16,18,21-22,27H,4-5,7-8,11-12,17,19-20H2,1-3H3,(H2,31,32)/t21-,27+/m1/s1. The van der Waals surface area contributed by atoms with Gasteiger partial charge < -0.3 is 24.8 Å². The Labute approximate surface area is 230 Å². The highest BCUT2D eigenvalue weighted by molar-refractivity contribution is 5.84. The molecule has 1 fully saturated rings. The van der Waals surface area contributed by atoms with E-state index in [9.17, 15) is 9.59 Å². The number of aliphatic imine (C=N–C) groups is 1. The van der Waals surface area contributed by atoms with Gasteiger partial charge in [-0.1, -0.05) is 44.4 Å². The van der Waals surface area contributed by atoms with Crippen molar-refractivity contribution in [1.29, 1.82) is 0 Å². The highest BCUT2D eigenvalue weighted by Crippen LogP contribution is 2.35. The first-order chi connectivity index (χ1) is 18.9. The normalized spacial score (nSPS) is 16.9. The Kier molecular flexibility index (Phi) is 9.68. The van der Waals surface area contributed by atoms with Crippen molar-refractivity contribution in [3.05, 3.63) is 54.1 Å². The second kappa shape index (κ2) is 13.4. The quantitative estimate of drug-likeness (QED) is 0.394. The minimum absolute atomic E-state index is 0.137. The van der Waals surface area contributed by atoms with E-state index in [2.05, 4.69) is 4.90 Å². The van der Waals surface area contributed by atoms with Gasteiger partial charge in [0.15, 0.2) is 5.96 Å². The first-order valence-electron chi connectivity index (χ1n) is 13.9. The van der Waals surface area contributed by atoms with Gasteiger partial charge in [0, 0.05) is 18.7 Å². The van der Waals surface area contributed by atoms with Crippen molar-refractivity contribution in [1.82, 2.24) is 9.80 Å². The van der Waals surface area contributed by atoms with Crippen molar-refractivity contribution < 1.29 is 23.8 Å². The Morgan fingerprint density at radius 3 is 2.54 bits per heavy atom. The number of methoxy groups -OCH3 is 1. The molecule has 1 amide bonds. The van der Waals surface area contributed by atoms with Crippen LogP contribution in [0, 0.1) is 5.92 Å². The van der Waals surface area contributed by atoms with Gasteiger partial charge in [-0.05, 0) is 62.4 Å². The third-order valence-corrected chi connectivity index (χ3v) is 7.58. The fourth-order valence-corrected chi connectivity index (χ4v) is 5.45. The van der Waals surface area contributed by atoms with Crippen LogP contribution in [0.5, 0.6) is 11.5 Å². The Bertz CT molecular complexity index is 1150. The molecule has 1 heterocycles. The summed E-state index contributed by atoms with van der Waals surface area (Å²) in [6, 6.07) is 14.6. The van der Waals surface area contributed by atoms with Gasteiger partial charge in [0.1, 0.15) is 24.1 Å². The molecule has 39 heavy (non-hydrogen) atoms. The van der Waals surface area contributed by atoms with Gasteiger partial charge in [0.2, 0.25) is 0 Å². The third kappa shape index (κ3) is 7.02. The molecule has 2 aliphatic rings. The van der Waals surface area contributed by atoms with Gasteiger partial charge in [-0.2, -0.15) is 0 Å². The van der Waals surface area contributed by atoms with E-state index >= 15 is 0 Å². The molecule has 0 spiro atoms. The van der Waals surface area contributed by atoms with Crippen molar-refractivity contribution >= 4 is 23.7 Å². The molecular weight excluding hydrogens is 496 g/mol. The summed E-state index contributed by atoms with van der Waals surface area (Å²) in [4.78, 5) is 33.5. The molecule has 9 heteroatoms. The summed E-state index contributed by atoms with van der Waals surface area (Å²) in [6.07, 6.45) is 5.71. The number of ether oxygens (including phenoxy) is 3. The number of fused-ring (bicyclic) bond motifs is 1. The molecule has 0 saturated heterocycles. The predicted octanol–water partition coefficient (Wildman–Crippen LogP) is 5.60. The number of amides is 1. The van der Waals surface area contributed by atoms with Crippen LogP contribution in [0.15, 0.2) is 53.5 Å². The van der Waals surface area contributed by atoms with Crippen LogP contribution < -0.4 is 10.5 Å². The van der Waals surface area contributed by atoms with Gasteiger partial charge in [-0.3, -0.25) is 4.90 Å². The molecule has 2 aromatic rings. The molecule has 1 aliphatic carbocycles. The molecular formula is C30H40N4O5. The van der Waals surface area contributed by atoms with Gasteiger partial charge in [0.05, 0.1) is 18.8 Å². The molecule has 210 valence electrons. The van der Waals surface area contributed by atoms with Crippen LogP contribution in [0.25, 0.3) is 0 Å². The Balaban J connectivity index is 1.53. The second-order valence-electron chi connectivity index (χ2n) is 10.2. The number of hydrogen-bond donors (Lipinski definition) is 1. The van der Waals surface area contributed by atoms with Gasteiger partial charge in [0.25, 0.3) is 0 Å². The van der Waals surface area contributed by atoms with E-state index in [1.807, 2.05) is 55.5 Å². The van der Waals surface area contributed by atoms with Gasteiger partial charge >= 0.3 is 12.1 Å². The van der Waals surface area contributed by atoms with E-state index in [1.165, 1.54) is 18.4 Å². The topological polar surface area (TPSA) is 107 Å². The van der Waals surface area contributed by atoms with Crippen LogP contribution in [-0.2, 0) is 20.8 Å². The van der Waals surface area contributed by atoms with Crippen LogP contribution >= 0.6 is 0 Å². The molecule has 4 rings (SSSR count). The van der Waals surface area contributed by atoms with E-state index < -0.39 is 18.1 Å². The summed E-state index contributed by atoms with van der Waals surface area (Å²) in [5.41, 5.74) is 8.32. The Morgan fingerprint density at radius 2 is 1.85 bits per heavy atom. The summed E-state index contributed by atoms with van der Waals surface area (Å²) in [5.74, 6) is 1.74. The minimum Gasteiger partial charge on any atom is -0.467 e. The average molecular weight is 537 g/mol. The maximum absolute atomic E-state index is 13.2. The molecule has 9 nitrogen and oxygen atoms in total. The molecule has 0 bridgehead atoms. The maximum atomic E-state index is 13.2. The first-order valence-corrected chi connectivity index (χ1v) is 13.9. The van der Waals surface area contributed by atoms with Gasteiger partial charge in [-0.15, -0.1) is 0 Å². The zero-order chi connectivity index (χ0) is 27.8. The van der Waals surface area contributed by atoms with E-state index in [1.54, 1.807) is 6.92 Å². The van der Waals surface area contributed by atoms with Crippen LogP contribution in [0.1, 0.15) is 57.9 Å². The van der Waals surface area contributed by atoms with E-state index in [-0.39, 0.29) is 12.6 Å². The third-order valence-electron chi connectivity index (χ3n) is 7.58. The number of esters is 1. The molecule has 0 radical (unpaired) electrons. The minimum atomic E-state index is -0.730. The molecule has 2 aromatic carbocycles. The lowest BCUT2D eigenvalue weighted by atomic mass is 9.83. The molecule has 0 unspecified atom stereocenters. The molecule has 1 saturated carbocycles. The summed E-state index contributed by atoms with van der Waals surface area (Å²) >= 11 is 0. The number of nitrogens with two attached hydrogens (primary N) is 1. The summed E-state index contributed by atoms with van der Waals surface area (Å²) in [5, 5.41) is 0. The van der Waals surface area contributed by atoms with Crippen molar-refractivity contribution in [2.24, 2.45) is 16.6 Å². The van der Waals surface area contributed by atoms with Crippen molar-refractivity contribution in [3.8, 4) is 11.5 Å². The lowest BCUT2D eigenvalue weighted by Gasteiger charge is -2.41. The van der Waals surface area contributed by atoms with E-state index in [0.717, 1.165) is 48.4 Å². The fraction of sp³-hybridized carbons (Fsp3) is 0.500. The summed E-state index contributed by atoms with van der Waals surface area (Å²) in [7, 11) is 1.32. The fourth-order valence-electron chi connectivity index (χ4n) is 5.45. The molecule has 0 aromatic heterocycles. The summed E-state index contributed by atoms with van der Waals surface area (Å²) < 4.78 is 16.8. The molecule has 2 atom stereocenters. The number of carbonyl (C=O) groups excluding carboxylic acids is 2. The highest BCUT2D eigenvalue weighted by Gasteiger charge is 2.35. The highest BCUT2D eigenvalue weighted by atomic mass is 16.6. The number of hydrogen-bond acceptors (Lipinski definition) is 8. The number of rotatable bonds is 10. The van der Waals surface area contributed by atoms with Crippen molar-refractivity contribution in [3.63, 3.8) is 0 Å². The zero-order valence-corrected chi connectivity index (χ0v) is 23.2. The summed E-state index contributed by atoms with van der Waals surface area (Å²) in [6.45, 7) is 4.69. The molecule has 1 aliphatic heterocycles. The Morgan fingerprint density at radius 1 is 1.10 bits per heavy atom. The zero-order valence-electron chi connectivity index (χ0n) is 23.2. The number of guanidine groups is 1. The lowest BCUT2D eigenvalue weighted by Crippen LogP contribution is -2.52. The van der Waals surface area contributed by atoms with E-state index in [0.29, 0.717) is 31.4 Å². The molecule has 2 N–H and O–H groups in total. The first kappa shape index (κ1) is 28.3. The van der Waals surface area contributed by atoms with Crippen LogP contribution in [0.3, 0.4) is 0 Å². The van der Waals surface area contributed by atoms with Crippen LogP contribution in [0.2, 0.25) is 0 Å². The second-order valence-corrected chi connectivity index (χ2v) is 10.2. The largest absolute Gasteiger partial charge is 0.467 e. The van der Waals surface area contributed by atoms with Gasteiger partial charge in [-0.25, -0.2) is 14.6 Å². The SMILES string of the molecule is CCCN(C(=O)OC[C@@H](C1CCCCC1)N1Cc2cc(Oc3ccccc3)ccc2N=C1N)[C@H](C)C(=O)OC. The number of carbonyl (C=O) groups is 2. The van der Waals surface area contributed by atoms with Crippen molar-refractivity contribution in [2.45, 2.75) is 71.0 Å². The smallest absolute Gasteiger partial charge is 0.410 e. The van der Waals surface area contributed by atoms with Crippen molar-refractivity contribution in [2.75, 3.05) is 20.3 Å². The predicted molar refractivity (Wildman–Crippen MR) is 150 cm³/mol.